The zero-order chi connectivity index (χ0) is 17.9. The number of ether oxygens (including phenoxy) is 3. The lowest BCUT2D eigenvalue weighted by Crippen LogP contribution is -2.42. The maximum atomic E-state index is 12.2. The smallest absolute Gasteiger partial charge is 0.410 e. The molecule has 24 heavy (non-hydrogen) atoms. The van der Waals surface area contributed by atoms with Gasteiger partial charge in [-0.2, -0.15) is 9.97 Å². The lowest BCUT2D eigenvalue weighted by atomic mass is 10.2. The van der Waals surface area contributed by atoms with Crippen molar-refractivity contribution in [2.75, 3.05) is 39.3 Å². The molecule has 2 rings (SSSR count). The summed E-state index contributed by atoms with van der Waals surface area (Å²) in [6.07, 6.45) is 0.525. The van der Waals surface area contributed by atoms with Gasteiger partial charge < -0.3 is 24.0 Å². The second-order valence-corrected chi connectivity index (χ2v) is 6.73. The minimum absolute atomic E-state index is 0.0619. The van der Waals surface area contributed by atoms with Crippen LogP contribution in [0.4, 0.5) is 10.6 Å². The predicted molar refractivity (Wildman–Crippen MR) is 89.8 cm³/mol. The summed E-state index contributed by atoms with van der Waals surface area (Å²) in [6.45, 7) is 7.03. The van der Waals surface area contributed by atoms with Gasteiger partial charge in [0.1, 0.15) is 11.4 Å². The van der Waals surface area contributed by atoms with Gasteiger partial charge in [-0.05, 0) is 27.2 Å². The third kappa shape index (κ3) is 4.39. The third-order valence-corrected chi connectivity index (χ3v) is 3.78. The highest BCUT2D eigenvalue weighted by Gasteiger charge is 2.32. The fourth-order valence-electron chi connectivity index (χ4n) is 2.50. The molecule has 1 aliphatic rings. The van der Waals surface area contributed by atoms with Gasteiger partial charge in [-0.1, -0.05) is 0 Å². The average molecular weight is 338 g/mol. The topological polar surface area (TPSA) is 77.0 Å². The van der Waals surface area contributed by atoms with E-state index in [-0.39, 0.29) is 18.1 Å². The Kier molecular flexibility index (Phi) is 5.36. The van der Waals surface area contributed by atoms with Crippen molar-refractivity contribution < 1.29 is 19.0 Å². The first-order chi connectivity index (χ1) is 11.2. The van der Waals surface area contributed by atoms with Crippen LogP contribution in [0.3, 0.4) is 0 Å². The Morgan fingerprint density at radius 3 is 2.58 bits per heavy atom. The fraction of sp³-hybridized carbons (Fsp3) is 0.688. The number of nitrogens with zero attached hydrogens (tertiary/aromatic N) is 4. The fourth-order valence-corrected chi connectivity index (χ4v) is 2.50. The van der Waals surface area contributed by atoms with Crippen LogP contribution >= 0.6 is 0 Å². The molecule has 0 saturated carbocycles. The molecule has 0 unspecified atom stereocenters. The van der Waals surface area contributed by atoms with E-state index in [1.165, 1.54) is 7.11 Å². The van der Waals surface area contributed by atoms with Crippen molar-refractivity contribution in [2.45, 2.75) is 38.8 Å². The molecular formula is C16H26N4O4. The number of methoxy groups -OCH3 is 2. The number of likely N-dealkylation sites (N-methyl/N-ethyl adjacent to an activating group) is 1. The van der Waals surface area contributed by atoms with Crippen molar-refractivity contribution in [1.29, 1.82) is 0 Å². The van der Waals surface area contributed by atoms with Crippen molar-refractivity contribution in [3.05, 3.63) is 6.07 Å². The molecule has 1 amide bonds. The Labute approximate surface area is 142 Å². The van der Waals surface area contributed by atoms with Crippen LogP contribution < -0.4 is 14.4 Å². The van der Waals surface area contributed by atoms with Crippen molar-refractivity contribution >= 4 is 11.9 Å². The minimum atomic E-state index is -0.503. The first-order valence-corrected chi connectivity index (χ1v) is 7.91. The normalized spacial score (nSPS) is 17.6. The van der Waals surface area contributed by atoms with E-state index in [4.69, 9.17) is 14.2 Å². The molecule has 0 bridgehead atoms. The number of anilines is 1. The largest absolute Gasteiger partial charge is 0.481 e. The second kappa shape index (κ2) is 7.11. The molecule has 1 fully saturated rings. The highest BCUT2D eigenvalue weighted by Crippen LogP contribution is 2.26. The maximum absolute atomic E-state index is 12.2. The first-order valence-electron chi connectivity index (χ1n) is 7.91. The zero-order valence-corrected chi connectivity index (χ0v) is 15.2. The summed E-state index contributed by atoms with van der Waals surface area (Å²) in [5.74, 6) is 1.17. The molecule has 8 heteroatoms. The Morgan fingerprint density at radius 2 is 2.00 bits per heavy atom. The highest BCUT2D eigenvalue weighted by molar-refractivity contribution is 5.68. The van der Waals surface area contributed by atoms with Crippen LogP contribution in [0.25, 0.3) is 0 Å². The van der Waals surface area contributed by atoms with Gasteiger partial charge in [0.05, 0.1) is 20.3 Å². The number of hydrogen-bond acceptors (Lipinski definition) is 7. The van der Waals surface area contributed by atoms with Gasteiger partial charge >= 0.3 is 12.1 Å². The lowest BCUT2D eigenvalue weighted by Gasteiger charge is -2.28. The molecule has 0 radical (unpaired) electrons. The summed E-state index contributed by atoms with van der Waals surface area (Å²) >= 11 is 0. The Morgan fingerprint density at radius 1 is 1.29 bits per heavy atom. The van der Waals surface area contributed by atoms with Crippen LogP contribution in [0.15, 0.2) is 6.07 Å². The van der Waals surface area contributed by atoms with E-state index in [2.05, 4.69) is 14.9 Å². The van der Waals surface area contributed by atoms with E-state index in [1.54, 1.807) is 25.1 Å². The number of carbonyl (C=O) groups is 1. The lowest BCUT2D eigenvalue weighted by molar-refractivity contribution is 0.0238. The predicted octanol–water partition coefficient (Wildman–Crippen LogP) is 1.94. The summed E-state index contributed by atoms with van der Waals surface area (Å²) in [7, 11) is 4.83. The van der Waals surface area contributed by atoms with E-state index >= 15 is 0 Å². The van der Waals surface area contributed by atoms with Gasteiger partial charge in [0.15, 0.2) is 0 Å². The molecule has 0 aromatic carbocycles. The van der Waals surface area contributed by atoms with Gasteiger partial charge in [0, 0.05) is 26.2 Å². The molecule has 1 aromatic heterocycles. The monoisotopic (exact) mass is 338 g/mol. The number of rotatable bonds is 4. The molecule has 1 aromatic rings. The zero-order valence-electron chi connectivity index (χ0n) is 15.2. The second-order valence-electron chi connectivity index (χ2n) is 6.73. The molecule has 1 saturated heterocycles. The number of hydrogen-bond donors (Lipinski definition) is 0. The van der Waals surface area contributed by atoms with Gasteiger partial charge in [0.2, 0.25) is 5.88 Å². The van der Waals surface area contributed by atoms with Gasteiger partial charge in [-0.15, -0.1) is 0 Å². The van der Waals surface area contributed by atoms with Gasteiger partial charge in [-0.25, -0.2) is 4.79 Å². The van der Waals surface area contributed by atoms with Crippen molar-refractivity contribution in [3.63, 3.8) is 0 Å². The van der Waals surface area contributed by atoms with Crippen LogP contribution in [0.2, 0.25) is 0 Å². The molecule has 0 aliphatic carbocycles. The summed E-state index contributed by atoms with van der Waals surface area (Å²) in [4.78, 5) is 24.4. The molecule has 2 heterocycles. The number of aromatic nitrogens is 2. The third-order valence-electron chi connectivity index (χ3n) is 3.78. The van der Waals surface area contributed by atoms with Crippen LogP contribution in [-0.4, -0.2) is 67.0 Å². The van der Waals surface area contributed by atoms with Crippen LogP contribution in [0, 0.1) is 0 Å². The minimum Gasteiger partial charge on any atom is -0.481 e. The summed E-state index contributed by atoms with van der Waals surface area (Å²) in [5, 5.41) is 0. The highest BCUT2D eigenvalue weighted by atomic mass is 16.6. The molecular weight excluding hydrogens is 312 g/mol. The standard InChI is InChI=1S/C16H26N4O4/c1-16(2,3)24-15(21)19(4)11-7-8-20(10-11)12-9-13(22-5)18-14(17-12)23-6/h9,11H,7-8,10H2,1-6H3/t11-/m1/s1. The Hall–Kier alpha value is -2.25. The summed E-state index contributed by atoms with van der Waals surface area (Å²) in [6, 6.07) is 2.08. The summed E-state index contributed by atoms with van der Waals surface area (Å²) in [5.41, 5.74) is -0.503. The molecule has 0 spiro atoms. The molecule has 1 atom stereocenters. The molecule has 1 aliphatic heterocycles. The molecule has 8 nitrogen and oxygen atoms in total. The number of amides is 1. The van der Waals surface area contributed by atoms with E-state index in [1.807, 2.05) is 20.8 Å². The van der Waals surface area contributed by atoms with Crippen LogP contribution in [0.5, 0.6) is 11.9 Å². The summed E-state index contributed by atoms with van der Waals surface area (Å²) < 4.78 is 15.7. The van der Waals surface area contributed by atoms with Crippen LogP contribution in [0.1, 0.15) is 27.2 Å². The van der Waals surface area contributed by atoms with Crippen LogP contribution in [-0.2, 0) is 4.74 Å². The van der Waals surface area contributed by atoms with E-state index in [9.17, 15) is 4.79 Å². The van der Waals surface area contributed by atoms with E-state index < -0.39 is 5.60 Å². The van der Waals surface area contributed by atoms with E-state index in [0.717, 1.165) is 18.8 Å². The number of carbonyl (C=O) groups excluding carboxylic acids is 1. The maximum Gasteiger partial charge on any atom is 0.410 e. The van der Waals surface area contributed by atoms with Crippen molar-refractivity contribution in [1.82, 2.24) is 14.9 Å². The molecule has 134 valence electrons. The van der Waals surface area contributed by atoms with Crippen molar-refractivity contribution in [2.24, 2.45) is 0 Å². The Balaban J connectivity index is 2.06. The first kappa shape index (κ1) is 18.1. The Bertz CT molecular complexity index is 566. The average Bonchev–Trinajstić information content (AvgIpc) is 3.01. The molecule has 0 N–H and O–H groups in total. The quantitative estimate of drug-likeness (QED) is 0.830. The van der Waals surface area contributed by atoms with Gasteiger partial charge in [-0.3, -0.25) is 0 Å². The van der Waals surface area contributed by atoms with E-state index in [0.29, 0.717) is 12.4 Å². The van der Waals surface area contributed by atoms with Gasteiger partial charge in [0.25, 0.3) is 0 Å². The van der Waals surface area contributed by atoms with Crippen molar-refractivity contribution in [3.8, 4) is 11.9 Å². The SMILES string of the molecule is COc1cc(N2CC[C@@H](N(C)C(=O)OC(C)(C)C)C2)nc(OC)n1.